The molecule has 0 spiro atoms. The molecule has 0 saturated carbocycles. The zero-order chi connectivity index (χ0) is 11.4. The van der Waals surface area contributed by atoms with Gasteiger partial charge in [0.1, 0.15) is 0 Å². The number of hydrogen-bond donors (Lipinski definition) is 1. The van der Waals surface area contributed by atoms with Crippen LogP contribution in [0.4, 0.5) is 4.39 Å². The molecule has 2 heterocycles. The van der Waals surface area contributed by atoms with Crippen LogP contribution in [-0.2, 0) is 6.54 Å². The van der Waals surface area contributed by atoms with Crippen molar-refractivity contribution in [2.24, 2.45) is 0 Å². The maximum atomic E-state index is 12.8. The van der Waals surface area contributed by atoms with Crippen LogP contribution in [0.5, 0.6) is 0 Å². The maximum Gasteiger partial charge on any atom is 0.251 e. The summed E-state index contributed by atoms with van der Waals surface area (Å²) in [6.45, 7) is 0.451. The Morgan fingerprint density at radius 3 is 3.06 bits per heavy atom. The third-order valence-corrected chi connectivity index (χ3v) is 2.75. The normalized spacial score (nSPS) is 10.1. The number of nitrogens with one attached hydrogen (secondary N) is 1. The number of pyridine rings is 1. The number of thiophene rings is 1. The van der Waals surface area contributed by atoms with Gasteiger partial charge >= 0.3 is 0 Å². The molecule has 2 rings (SSSR count). The second-order valence-corrected chi connectivity index (χ2v) is 3.96. The summed E-state index contributed by atoms with van der Waals surface area (Å²) in [7, 11) is 0. The summed E-state index contributed by atoms with van der Waals surface area (Å²) in [6, 6.07) is 4.52. The van der Waals surface area contributed by atoms with E-state index in [9.17, 15) is 9.18 Å². The molecule has 0 unspecified atom stereocenters. The van der Waals surface area contributed by atoms with E-state index in [-0.39, 0.29) is 11.5 Å². The summed E-state index contributed by atoms with van der Waals surface area (Å²) < 4.78 is 12.8. The predicted molar refractivity (Wildman–Crippen MR) is 59.7 cm³/mol. The number of amides is 1. The molecule has 0 aliphatic heterocycles. The van der Waals surface area contributed by atoms with E-state index in [1.165, 1.54) is 12.3 Å². The minimum atomic E-state index is -0.650. The molecule has 16 heavy (non-hydrogen) atoms. The number of hydrogen-bond acceptors (Lipinski definition) is 3. The summed E-state index contributed by atoms with van der Waals surface area (Å²) in [5.41, 5.74) is 1.32. The van der Waals surface area contributed by atoms with Gasteiger partial charge in [-0.15, -0.1) is 0 Å². The van der Waals surface area contributed by atoms with Crippen molar-refractivity contribution in [2.75, 3.05) is 0 Å². The van der Waals surface area contributed by atoms with E-state index in [0.29, 0.717) is 6.54 Å². The second kappa shape index (κ2) is 4.85. The van der Waals surface area contributed by atoms with Crippen molar-refractivity contribution in [3.05, 3.63) is 52.2 Å². The Morgan fingerprint density at radius 2 is 2.38 bits per heavy atom. The first kappa shape index (κ1) is 10.8. The Labute approximate surface area is 96.0 Å². The molecule has 0 bridgehead atoms. The smallest absolute Gasteiger partial charge is 0.251 e. The summed E-state index contributed by atoms with van der Waals surface area (Å²) in [6.07, 6.45) is 1.27. The van der Waals surface area contributed by atoms with Gasteiger partial charge in [0.05, 0.1) is 0 Å². The first-order chi connectivity index (χ1) is 7.75. The van der Waals surface area contributed by atoms with Gasteiger partial charge in [-0.1, -0.05) is 0 Å². The van der Waals surface area contributed by atoms with E-state index in [1.54, 1.807) is 11.3 Å². The van der Waals surface area contributed by atoms with Gasteiger partial charge in [0, 0.05) is 24.4 Å². The molecule has 1 N–H and O–H groups in total. The lowest BCUT2D eigenvalue weighted by Crippen LogP contribution is -2.22. The van der Waals surface area contributed by atoms with Gasteiger partial charge < -0.3 is 5.32 Å². The van der Waals surface area contributed by atoms with E-state index < -0.39 is 5.95 Å². The molecule has 0 saturated heterocycles. The van der Waals surface area contributed by atoms with Crippen molar-refractivity contribution in [3.63, 3.8) is 0 Å². The molecule has 0 aliphatic rings. The van der Waals surface area contributed by atoms with E-state index in [2.05, 4.69) is 10.3 Å². The average molecular weight is 236 g/mol. The first-order valence-corrected chi connectivity index (χ1v) is 5.61. The molecule has 5 heteroatoms. The second-order valence-electron chi connectivity index (χ2n) is 3.18. The van der Waals surface area contributed by atoms with E-state index in [1.807, 2.05) is 16.8 Å². The van der Waals surface area contributed by atoms with Crippen LogP contribution in [0.15, 0.2) is 35.2 Å². The average Bonchev–Trinajstić information content (AvgIpc) is 2.78. The highest BCUT2D eigenvalue weighted by Crippen LogP contribution is 2.06. The third kappa shape index (κ3) is 2.64. The van der Waals surface area contributed by atoms with Gasteiger partial charge in [-0.2, -0.15) is 15.7 Å². The number of carbonyl (C=O) groups excluding carboxylic acids is 1. The van der Waals surface area contributed by atoms with Gasteiger partial charge in [-0.05, 0) is 28.5 Å². The van der Waals surface area contributed by atoms with Crippen LogP contribution in [0.25, 0.3) is 0 Å². The molecular weight excluding hydrogens is 227 g/mol. The van der Waals surface area contributed by atoms with Gasteiger partial charge in [0.25, 0.3) is 5.91 Å². The molecule has 0 fully saturated rings. The largest absolute Gasteiger partial charge is 0.348 e. The SMILES string of the molecule is O=C(NCc1ccsc1)c1ccnc(F)c1. The quantitative estimate of drug-likeness (QED) is 0.830. The van der Waals surface area contributed by atoms with Crippen molar-refractivity contribution in [3.8, 4) is 0 Å². The highest BCUT2D eigenvalue weighted by Gasteiger charge is 2.06. The van der Waals surface area contributed by atoms with Crippen molar-refractivity contribution in [1.82, 2.24) is 10.3 Å². The van der Waals surface area contributed by atoms with Crippen LogP contribution in [0.1, 0.15) is 15.9 Å². The van der Waals surface area contributed by atoms with Gasteiger partial charge in [0.15, 0.2) is 0 Å². The van der Waals surface area contributed by atoms with Crippen LogP contribution in [0, 0.1) is 5.95 Å². The molecular formula is C11H9FN2OS. The Balaban J connectivity index is 1.98. The number of aromatic nitrogens is 1. The molecule has 0 aliphatic carbocycles. The number of halogens is 1. The lowest BCUT2D eigenvalue weighted by molar-refractivity contribution is 0.0950. The van der Waals surface area contributed by atoms with Gasteiger partial charge in [-0.25, -0.2) is 4.98 Å². The van der Waals surface area contributed by atoms with E-state index in [0.717, 1.165) is 11.6 Å². The molecule has 0 radical (unpaired) electrons. The highest BCUT2D eigenvalue weighted by atomic mass is 32.1. The molecule has 0 atom stereocenters. The standard InChI is InChI=1S/C11H9FN2OS/c12-10-5-9(1-3-13-10)11(15)14-6-8-2-4-16-7-8/h1-5,7H,6H2,(H,14,15). The minimum Gasteiger partial charge on any atom is -0.348 e. The first-order valence-electron chi connectivity index (χ1n) is 4.66. The molecule has 2 aromatic rings. The monoisotopic (exact) mass is 236 g/mol. The summed E-state index contributed by atoms with van der Waals surface area (Å²) in [5.74, 6) is -0.948. The zero-order valence-electron chi connectivity index (χ0n) is 8.31. The van der Waals surface area contributed by atoms with Gasteiger partial charge in [-0.3, -0.25) is 4.79 Å². The van der Waals surface area contributed by atoms with Gasteiger partial charge in [0.2, 0.25) is 5.95 Å². The lowest BCUT2D eigenvalue weighted by atomic mass is 10.2. The molecule has 1 amide bonds. The fourth-order valence-corrected chi connectivity index (χ4v) is 1.89. The molecule has 3 nitrogen and oxygen atoms in total. The Hall–Kier alpha value is -1.75. The van der Waals surface area contributed by atoms with Crippen molar-refractivity contribution in [2.45, 2.75) is 6.54 Å². The molecule has 82 valence electrons. The summed E-state index contributed by atoms with van der Waals surface area (Å²) >= 11 is 1.57. The number of carbonyl (C=O) groups is 1. The van der Waals surface area contributed by atoms with Crippen molar-refractivity contribution < 1.29 is 9.18 Å². The minimum absolute atomic E-state index is 0.280. The van der Waals surface area contributed by atoms with Crippen LogP contribution >= 0.6 is 11.3 Å². The van der Waals surface area contributed by atoms with Crippen LogP contribution in [0.3, 0.4) is 0 Å². The zero-order valence-corrected chi connectivity index (χ0v) is 9.13. The molecule has 0 aromatic carbocycles. The fraction of sp³-hybridized carbons (Fsp3) is 0.0909. The third-order valence-electron chi connectivity index (χ3n) is 2.02. The highest BCUT2D eigenvalue weighted by molar-refractivity contribution is 7.07. The van der Waals surface area contributed by atoms with Crippen LogP contribution in [-0.4, -0.2) is 10.9 Å². The summed E-state index contributed by atoms with van der Waals surface area (Å²) in [5, 5.41) is 6.59. The molecule has 2 aromatic heterocycles. The maximum absolute atomic E-state index is 12.8. The van der Waals surface area contributed by atoms with E-state index >= 15 is 0 Å². The fourth-order valence-electron chi connectivity index (χ4n) is 1.22. The van der Waals surface area contributed by atoms with E-state index in [4.69, 9.17) is 0 Å². The Morgan fingerprint density at radius 1 is 1.50 bits per heavy atom. The predicted octanol–water partition coefficient (Wildman–Crippen LogP) is 2.21. The number of rotatable bonds is 3. The Kier molecular flexibility index (Phi) is 3.26. The topological polar surface area (TPSA) is 42.0 Å². The van der Waals surface area contributed by atoms with Crippen LogP contribution < -0.4 is 5.32 Å². The number of nitrogens with zero attached hydrogens (tertiary/aromatic N) is 1. The Bertz CT molecular complexity index is 484. The summed E-state index contributed by atoms with van der Waals surface area (Å²) in [4.78, 5) is 15.0. The van der Waals surface area contributed by atoms with Crippen LogP contribution in [0.2, 0.25) is 0 Å². The lowest BCUT2D eigenvalue weighted by Gasteiger charge is -2.03. The van der Waals surface area contributed by atoms with Crippen molar-refractivity contribution in [1.29, 1.82) is 0 Å². The van der Waals surface area contributed by atoms with Crippen molar-refractivity contribution >= 4 is 17.2 Å².